The van der Waals surface area contributed by atoms with Crippen molar-refractivity contribution >= 4 is 11.9 Å². The fourth-order valence-corrected chi connectivity index (χ4v) is 1.18. The molecule has 18 heavy (non-hydrogen) atoms. The molecule has 0 saturated heterocycles. The number of hydrogen-bond acceptors (Lipinski definition) is 3. The molecule has 0 aromatic carbocycles. The number of hydrogen-bond donors (Lipinski definition) is 1. The van der Waals surface area contributed by atoms with Gasteiger partial charge in [0, 0.05) is 6.42 Å². The summed E-state index contributed by atoms with van der Waals surface area (Å²) in [5.74, 6) is -0.853. The average molecular weight is 256 g/mol. The van der Waals surface area contributed by atoms with Crippen molar-refractivity contribution in [3.8, 4) is 0 Å². The highest BCUT2D eigenvalue weighted by Crippen LogP contribution is 2.11. The van der Waals surface area contributed by atoms with E-state index in [4.69, 9.17) is 5.11 Å². The van der Waals surface area contributed by atoms with E-state index in [1.807, 2.05) is 13.8 Å². The second-order valence-electron chi connectivity index (χ2n) is 4.07. The number of esters is 1. The highest BCUT2D eigenvalue weighted by Gasteiger charge is 2.14. The van der Waals surface area contributed by atoms with E-state index in [2.05, 4.69) is 17.9 Å². The molecule has 1 N–H and O–H groups in total. The Morgan fingerprint density at radius 3 is 1.89 bits per heavy atom. The summed E-state index contributed by atoms with van der Waals surface area (Å²) < 4.78 is 4.66. The van der Waals surface area contributed by atoms with Gasteiger partial charge in [-0.1, -0.05) is 32.6 Å². The number of carboxylic acid groups (broad SMARTS) is 1. The van der Waals surface area contributed by atoms with E-state index in [1.165, 1.54) is 0 Å². The Hall–Kier alpha value is -1.58. The maximum absolute atomic E-state index is 10.6. The highest BCUT2D eigenvalue weighted by molar-refractivity contribution is 5.73. The Labute approximate surface area is 109 Å². The molecule has 104 valence electrons. The number of carbonyl (C=O) groups excluding carboxylic acids is 1. The molecule has 0 radical (unpaired) electrons. The summed E-state index contributed by atoms with van der Waals surface area (Å²) in [6, 6.07) is 0. The van der Waals surface area contributed by atoms with E-state index < -0.39 is 5.97 Å². The predicted molar refractivity (Wildman–Crippen MR) is 72.0 cm³/mol. The third-order valence-electron chi connectivity index (χ3n) is 2.04. The molecule has 1 atom stereocenters. The standard InChI is InChI=1S/2C7H12O2/c1-4-5-7(8)9-6(2)3;1-4-6(5(2)3)7(8)9/h2,4-5H2,1,3H3;6H,2,4H2,1,3H3,(H,8,9). The Morgan fingerprint density at radius 1 is 1.22 bits per heavy atom. The van der Waals surface area contributed by atoms with Gasteiger partial charge in [-0.25, -0.2) is 0 Å². The van der Waals surface area contributed by atoms with Crippen molar-refractivity contribution in [2.24, 2.45) is 5.92 Å². The van der Waals surface area contributed by atoms with Gasteiger partial charge in [-0.2, -0.15) is 0 Å². The van der Waals surface area contributed by atoms with Gasteiger partial charge in [0.15, 0.2) is 0 Å². The highest BCUT2D eigenvalue weighted by atomic mass is 16.5. The summed E-state index contributed by atoms with van der Waals surface area (Å²) >= 11 is 0. The van der Waals surface area contributed by atoms with Gasteiger partial charge in [-0.3, -0.25) is 9.59 Å². The normalized spacial score (nSPS) is 10.7. The first-order valence-electron chi connectivity index (χ1n) is 6.00. The summed E-state index contributed by atoms with van der Waals surface area (Å²) in [6.45, 7) is 14.2. The first kappa shape index (κ1) is 18.8. The molecule has 4 nitrogen and oxygen atoms in total. The van der Waals surface area contributed by atoms with Gasteiger partial charge in [0.25, 0.3) is 0 Å². The van der Waals surface area contributed by atoms with Crippen LogP contribution < -0.4 is 0 Å². The van der Waals surface area contributed by atoms with Crippen molar-refractivity contribution in [2.45, 2.75) is 47.0 Å². The van der Waals surface area contributed by atoms with Gasteiger partial charge in [0.05, 0.1) is 11.7 Å². The molecule has 0 amide bonds. The maximum Gasteiger partial charge on any atom is 0.310 e. The molecule has 0 aliphatic heterocycles. The number of ether oxygens (including phenoxy) is 1. The van der Waals surface area contributed by atoms with Crippen LogP contribution in [-0.2, 0) is 14.3 Å². The van der Waals surface area contributed by atoms with Crippen molar-refractivity contribution < 1.29 is 19.4 Å². The number of rotatable bonds is 6. The van der Waals surface area contributed by atoms with Crippen LogP contribution in [0.25, 0.3) is 0 Å². The van der Waals surface area contributed by atoms with Gasteiger partial charge < -0.3 is 9.84 Å². The molecule has 0 bridgehead atoms. The van der Waals surface area contributed by atoms with Crippen LogP contribution in [0.5, 0.6) is 0 Å². The third-order valence-corrected chi connectivity index (χ3v) is 2.04. The third kappa shape index (κ3) is 10.9. The molecule has 0 heterocycles. The first-order valence-corrected chi connectivity index (χ1v) is 6.00. The summed E-state index contributed by atoms with van der Waals surface area (Å²) in [4.78, 5) is 20.9. The van der Waals surface area contributed by atoms with Gasteiger partial charge in [-0.15, -0.1) is 0 Å². The molecule has 4 heteroatoms. The van der Waals surface area contributed by atoms with Crippen molar-refractivity contribution in [1.29, 1.82) is 0 Å². The first-order chi connectivity index (χ1) is 8.26. The lowest BCUT2D eigenvalue weighted by molar-refractivity contribution is -0.141. The number of allylic oxidation sites excluding steroid dienone is 1. The lowest BCUT2D eigenvalue weighted by Gasteiger charge is -2.06. The van der Waals surface area contributed by atoms with E-state index in [0.717, 1.165) is 12.0 Å². The van der Waals surface area contributed by atoms with E-state index in [9.17, 15) is 9.59 Å². The molecule has 0 aromatic rings. The van der Waals surface area contributed by atoms with Crippen molar-refractivity contribution in [3.63, 3.8) is 0 Å². The smallest absolute Gasteiger partial charge is 0.310 e. The number of carboxylic acids is 1. The molecule has 0 aliphatic rings. The Bertz CT molecular complexity index is 288. The van der Waals surface area contributed by atoms with Crippen LogP contribution in [0.1, 0.15) is 47.0 Å². The quantitative estimate of drug-likeness (QED) is 0.448. The average Bonchev–Trinajstić information content (AvgIpc) is 2.16. The van der Waals surface area contributed by atoms with E-state index >= 15 is 0 Å². The molecular formula is C14H24O4. The van der Waals surface area contributed by atoms with E-state index in [0.29, 0.717) is 18.6 Å². The molecule has 0 rings (SSSR count). The van der Waals surface area contributed by atoms with Crippen LogP contribution >= 0.6 is 0 Å². The van der Waals surface area contributed by atoms with Crippen LogP contribution in [0.15, 0.2) is 24.5 Å². The summed E-state index contributed by atoms with van der Waals surface area (Å²) in [5.41, 5.74) is 0.727. The molecular weight excluding hydrogens is 232 g/mol. The lowest BCUT2D eigenvalue weighted by atomic mass is 10.00. The Morgan fingerprint density at radius 2 is 1.72 bits per heavy atom. The van der Waals surface area contributed by atoms with E-state index in [-0.39, 0.29) is 11.9 Å². The molecule has 0 fully saturated rings. The van der Waals surface area contributed by atoms with Crippen LogP contribution in [0.4, 0.5) is 0 Å². The van der Waals surface area contributed by atoms with Gasteiger partial charge >= 0.3 is 11.9 Å². The molecule has 0 spiro atoms. The second kappa shape index (κ2) is 10.6. The number of aliphatic carboxylic acids is 1. The summed E-state index contributed by atoms with van der Waals surface area (Å²) in [7, 11) is 0. The van der Waals surface area contributed by atoms with Crippen LogP contribution in [0.2, 0.25) is 0 Å². The summed E-state index contributed by atoms with van der Waals surface area (Å²) in [6.07, 6.45) is 1.93. The minimum absolute atomic E-state index is 0.190. The zero-order chi connectivity index (χ0) is 14.7. The van der Waals surface area contributed by atoms with Gasteiger partial charge in [0.2, 0.25) is 0 Å². The van der Waals surface area contributed by atoms with E-state index in [1.54, 1.807) is 13.8 Å². The Balaban J connectivity index is 0. The fourth-order valence-electron chi connectivity index (χ4n) is 1.18. The topological polar surface area (TPSA) is 63.6 Å². The monoisotopic (exact) mass is 256 g/mol. The number of carbonyl (C=O) groups is 2. The maximum atomic E-state index is 10.6. The van der Waals surface area contributed by atoms with Crippen LogP contribution in [0.3, 0.4) is 0 Å². The predicted octanol–water partition coefficient (Wildman–Crippen LogP) is 3.54. The van der Waals surface area contributed by atoms with Gasteiger partial charge in [-0.05, 0) is 26.7 Å². The van der Waals surface area contributed by atoms with Crippen molar-refractivity contribution in [1.82, 2.24) is 0 Å². The minimum atomic E-state index is -0.773. The largest absolute Gasteiger partial charge is 0.481 e. The second-order valence-corrected chi connectivity index (χ2v) is 4.07. The zero-order valence-electron chi connectivity index (χ0n) is 11.8. The zero-order valence-corrected chi connectivity index (χ0v) is 11.8. The van der Waals surface area contributed by atoms with Gasteiger partial charge in [0.1, 0.15) is 0 Å². The SMILES string of the molecule is C=C(C)C(CC)C(=O)O.C=C(C)OC(=O)CCC. The Kier molecular flexibility index (Phi) is 11.0. The molecule has 0 aliphatic carbocycles. The molecule has 0 saturated carbocycles. The van der Waals surface area contributed by atoms with Crippen molar-refractivity contribution in [2.75, 3.05) is 0 Å². The lowest BCUT2D eigenvalue weighted by Crippen LogP contribution is -2.12. The van der Waals surface area contributed by atoms with Crippen molar-refractivity contribution in [3.05, 3.63) is 24.5 Å². The fraction of sp³-hybridized carbons (Fsp3) is 0.571. The van der Waals surface area contributed by atoms with Crippen LogP contribution in [-0.4, -0.2) is 17.0 Å². The molecule has 0 aromatic heterocycles. The van der Waals surface area contributed by atoms with Crippen LogP contribution in [0, 0.1) is 5.92 Å². The molecule has 1 unspecified atom stereocenters. The summed E-state index contributed by atoms with van der Waals surface area (Å²) in [5, 5.41) is 8.48. The minimum Gasteiger partial charge on any atom is -0.481 e.